The molecule has 0 atom stereocenters. The molecule has 2 aliphatic rings. The van der Waals surface area contributed by atoms with Gasteiger partial charge in [-0.2, -0.15) is 4.31 Å². The van der Waals surface area contributed by atoms with Gasteiger partial charge in [0.1, 0.15) is 4.90 Å². The Morgan fingerprint density at radius 3 is 2.30 bits per heavy atom. The third-order valence-corrected chi connectivity index (χ3v) is 8.70. The normalized spacial score (nSPS) is 18.0. The predicted molar refractivity (Wildman–Crippen MR) is 127 cm³/mol. The van der Waals surface area contributed by atoms with Gasteiger partial charge in [0.05, 0.1) is 5.56 Å². The number of likely N-dealkylation sites (tertiary alicyclic amines) is 1. The molecule has 2 aliphatic heterocycles. The topological polar surface area (TPSA) is 103 Å². The summed E-state index contributed by atoms with van der Waals surface area (Å²) in [6, 6.07) is 7.61. The molecule has 0 spiro atoms. The first-order valence-electron chi connectivity index (χ1n) is 11.5. The van der Waals surface area contributed by atoms with Crippen molar-refractivity contribution in [1.29, 1.82) is 0 Å². The van der Waals surface area contributed by atoms with E-state index in [4.69, 9.17) is 0 Å². The van der Waals surface area contributed by atoms with Crippen LogP contribution in [0, 0.1) is 26.7 Å². The molecule has 33 heavy (non-hydrogen) atoms. The molecule has 4 rings (SSSR count). The van der Waals surface area contributed by atoms with Gasteiger partial charge >= 0.3 is 0 Å². The molecule has 2 saturated heterocycles. The summed E-state index contributed by atoms with van der Waals surface area (Å²) in [4.78, 5) is 30.7. The summed E-state index contributed by atoms with van der Waals surface area (Å²) in [5.41, 5.74) is 3.13. The Hall–Kier alpha value is -2.65. The third-order valence-electron chi connectivity index (χ3n) is 6.63. The number of piperidine rings is 1. The number of anilines is 1. The van der Waals surface area contributed by atoms with Crippen LogP contribution in [-0.4, -0.2) is 60.6 Å². The Morgan fingerprint density at radius 1 is 1.00 bits per heavy atom. The van der Waals surface area contributed by atoms with Crippen molar-refractivity contribution in [2.45, 2.75) is 51.3 Å². The maximum atomic E-state index is 13.6. The summed E-state index contributed by atoms with van der Waals surface area (Å²) < 4.78 is 28.6. The van der Waals surface area contributed by atoms with Crippen LogP contribution in [0.3, 0.4) is 0 Å². The fourth-order valence-corrected chi connectivity index (χ4v) is 6.76. The second-order valence-electron chi connectivity index (χ2n) is 9.12. The summed E-state index contributed by atoms with van der Waals surface area (Å²) in [6.45, 7) is 7.21. The van der Waals surface area contributed by atoms with Crippen molar-refractivity contribution in [3.8, 4) is 0 Å². The van der Waals surface area contributed by atoms with Crippen LogP contribution >= 0.6 is 0 Å². The molecular weight excluding hydrogens is 440 g/mol. The standard InChI is InChI=1S/C24H32N4O4S/c1-16-7-6-8-20(15-16)26-23(29)19-9-13-28(14-10-19)33(31,32)22-18(3)25-17(2)21(22)24(30)27-11-4-5-12-27/h6-8,15,19,25H,4-5,9-14H2,1-3H3,(H,26,29). The highest BCUT2D eigenvalue weighted by Crippen LogP contribution is 2.31. The quantitative estimate of drug-likeness (QED) is 0.697. The molecule has 8 nitrogen and oxygen atoms in total. The highest BCUT2D eigenvalue weighted by atomic mass is 32.2. The third kappa shape index (κ3) is 4.70. The van der Waals surface area contributed by atoms with Gasteiger partial charge in [0.15, 0.2) is 0 Å². The molecule has 0 radical (unpaired) electrons. The molecule has 0 unspecified atom stereocenters. The molecule has 178 valence electrons. The molecule has 9 heteroatoms. The first-order chi connectivity index (χ1) is 15.7. The van der Waals surface area contributed by atoms with Gasteiger partial charge in [-0.25, -0.2) is 8.42 Å². The van der Waals surface area contributed by atoms with Crippen molar-refractivity contribution < 1.29 is 18.0 Å². The zero-order valence-electron chi connectivity index (χ0n) is 19.5. The van der Waals surface area contributed by atoms with E-state index in [1.807, 2.05) is 31.2 Å². The number of sulfonamides is 1. The number of nitrogens with zero attached hydrogens (tertiary/aromatic N) is 2. The van der Waals surface area contributed by atoms with Crippen molar-refractivity contribution in [2.24, 2.45) is 5.92 Å². The van der Waals surface area contributed by atoms with E-state index >= 15 is 0 Å². The Balaban J connectivity index is 1.48. The molecule has 2 amide bonds. The number of amides is 2. The maximum absolute atomic E-state index is 13.6. The number of benzene rings is 1. The minimum Gasteiger partial charge on any atom is -0.361 e. The van der Waals surface area contributed by atoms with Crippen molar-refractivity contribution >= 4 is 27.5 Å². The number of aromatic nitrogens is 1. The zero-order valence-corrected chi connectivity index (χ0v) is 20.3. The van der Waals surface area contributed by atoms with Crippen molar-refractivity contribution in [3.63, 3.8) is 0 Å². The SMILES string of the molecule is Cc1cccc(NC(=O)C2CCN(S(=O)(=O)c3c(C)[nH]c(C)c3C(=O)N3CCCC3)CC2)c1. The summed E-state index contributed by atoms with van der Waals surface area (Å²) >= 11 is 0. The van der Waals surface area contributed by atoms with Gasteiger partial charge in [-0.05, 0) is 64.2 Å². The van der Waals surface area contributed by atoms with Gasteiger partial charge in [0, 0.05) is 49.2 Å². The van der Waals surface area contributed by atoms with Gasteiger partial charge in [0.25, 0.3) is 5.91 Å². The van der Waals surface area contributed by atoms with E-state index in [1.54, 1.807) is 18.7 Å². The molecular formula is C24H32N4O4S. The van der Waals surface area contributed by atoms with Gasteiger partial charge in [-0.1, -0.05) is 12.1 Å². The molecule has 2 aromatic rings. The molecule has 0 bridgehead atoms. The lowest BCUT2D eigenvalue weighted by Crippen LogP contribution is -2.42. The molecule has 2 fully saturated rings. The Morgan fingerprint density at radius 2 is 1.67 bits per heavy atom. The van der Waals surface area contributed by atoms with E-state index in [-0.39, 0.29) is 41.3 Å². The smallest absolute Gasteiger partial charge is 0.257 e. The number of carbonyl (C=O) groups excluding carboxylic acids is 2. The van der Waals surface area contributed by atoms with Gasteiger partial charge in [-0.3, -0.25) is 9.59 Å². The van der Waals surface area contributed by atoms with E-state index in [9.17, 15) is 18.0 Å². The molecule has 0 saturated carbocycles. The van der Waals surface area contributed by atoms with Crippen LogP contribution in [0.5, 0.6) is 0 Å². The first-order valence-corrected chi connectivity index (χ1v) is 13.0. The van der Waals surface area contributed by atoms with Gasteiger partial charge in [-0.15, -0.1) is 0 Å². The lowest BCUT2D eigenvalue weighted by Gasteiger charge is -2.31. The van der Waals surface area contributed by atoms with E-state index in [2.05, 4.69) is 10.3 Å². The van der Waals surface area contributed by atoms with Crippen molar-refractivity contribution in [3.05, 3.63) is 46.8 Å². The highest BCUT2D eigenvalue weighted by Gasteiger charge is 2.38. The number of rotatable bonds is 5. The van der Waals surface area contributed by atoms with Gasteiger partial charge in [0.2, 0.25) is 15.9 Å². The Bertz CT molecular complexity index is 1160. The number of nitrogens with one attached hydrogen (secondary N) is 2. The maximum Gasteiger partial charge on any atom is 0.257 e. The van der Waals surface area contributed by atoms with Crippen molar-refractivity contribution in [2.75, 3.05) is 31.5 Å². The lowest BCUT2D eigenvalue weighted by atomic mass is 9.97. The Labute approximate surface area is 195 Å². The monoisotopic (exact) mass is 472 g/mol. The average molecular weight is 473 g/mol. The number of hydrogen-bond donors (Lipinski definition) is 2. The predicted octanol–water partition coefficient (Wildman–Crippen LogP) is 3.22. The number of aromatic amines is 1. The molecule has 1 aromatic carbocycles. The second kappa shape index (κ2) is 9.30. The highest BCUT2D eigenvalue weighted by molar-refractivity contribution is 7.89. The summed E-state index contributed by atoms with van der Waals surface area (Å²) in [5, 5.41) is 2.94. The van der Waals surface area contributed by atoms with E-state index in [0.29, 0.717) is 37.3 Å². The van der Waals surface area contributed by atoms with E-state index in [0.717, 1.165) is 24.1 Å². The Kier molecular flexibility index (Phi) is 6.63. The molecule has 2 N–H and O–H groups in total. The molecule has 0 aliphatic carbocycles. The van der Waals surface area contributed by atoms with Crippen LogP contribution in [0.4, 0.5) is 5.69 Å². The van der Waals surface area contributed by atoms with Crippen LogP contribution in [0.15, 0.2) is 29.2 Å². The van der Waals surface area contributed by atoms with Crippen molar-refractivity contribution in [1.82, 2.24) is 14.2 Å². The first kappa shape index (κ1) is 23.5. The summed E-state index contributed by atoms with van der Waals surface area (Å²) in [6.07, 6.45) is 2.76. The number of H-pyrrole nitrogens is 1. The largest absolute Gasteiger partial charge is 0.361 e. The number of carbonyl (C=O) groups is 2. The summed E-state index contributed by atoms with van der Waals surface area (Å²) in [7, 11) is -3.87. The molecule has 3 heterocycles. The second-order valence-corrected chi connectivity index (χ2v) is 11.0. The van der Waals surface area contributed by atoms with Crippen LogP contribution in [-0.2, 0) is 14.8 Å². The fraction of sp³-hybridized carbons (Fsp3) is 0.500. The van der Waals surface area contributed by atoms with Crippen LogP contribution in [0.25, 0.3) is 0 Å². The van der Waals surface area contributed by atoms with Crippen LogP contribution in [0.2, 0.25) is 0 Å². The number of aryl methyl sites for hydroxylation is 3. The fourth-order valence-electron chi connectivity index (χ4n) is 4.87. The van der Waals surface area contributed by atoms with E-state index < -0.39 is 10.0 Å². The summed E-state index contributed by atoms with van der Waals surface area (Å²) in [5.74, 6) is -0.562. The zero-order chi connectivity index (χ0) is 23.8. The average Bonchev–Trinajstić information content (AvgIpc) is 3.41. The number of hydrogen-bond acceptors (Lipinski definition) is 4. The van der Waals surface area contributed by atoms with Crippen LogP contribution in [0.1, 0.15) is 53.0 Å². The lowest BCUT2D eigenvalue weighted by molar-refractivity contribution is -0.120. The minimum absolute atomic E-state index is 0.0829. The molecule has 1 aromatic heterocycles. The van der Waals surface area contributed by atoms with E-state index in [1.165, 1.54) is 4.31 Å². The minimum atomic E-state index is -3.87. The van der Waals surface area contributed by atoms with Gasteiger partial charge < -0.3 is 15.2 Å². The van der Waals surface area contributed by atoms with Crippen LogP contribution < -0.4 is 5.32 Å².